The Morgan fingerprint density at radius 2 is 2.06 bits per heavy atom. The molecule has 2 aliphatic rings. The molecule has 0 saturated carbocycles. The topological polar surface area (TPSA) is 131 Å². The number of carbonyl (C=O) groups is 2. The zero-order valence-corrected chi connectivity index (χ0v) is 19.4. The van der Waals surface area contributed by atoms with Crippen molar-refractivity contribution in [2.75, 3.05) is 6.61 Å². The molecule has 35 heavy (non-hydrogen) atoms. The summed E-state index contributed by atoms with van der Waals surface area (Å²) in [7, 11) is 0. The highest BCUT2D eigenvalue weighted by atomic mass is 19.1. The Hall–Kier alpha value is -3.63. The number of halogens is 1. The molecule has 0 radical (unpaired) electrons. The van der Waals surface area contributed by atoms with Crippen molar-refractivity contribution < 1.29 is 28.9 Å². The van der Waals surface area contributed by atoms with Crippen LogP contribution in [-0.2, 0) is 33.1 Å². The van der Waals surface area contributed by atoms with Crippen molar-refractivity contribution in [2.45, 2.75) is 52.0 Å². The number of esters is 1. The molecule has 2 aliphatic heterocycles. The molecule has 0 aliphatic carbocycles. The van der Waals surface area contributed by atoms with Crippen LogP contribution in [0.4, 0.5) is 4.39 Å². The Bertz CT molecular complexity index is 1500. The number of aromatic nitrogens is 2. The zero-order valence-electron chi connectivity index (χ0n) is 19.4. The van der Waals surface area contributed by atoms with Gasteiger partial charge in [-0.1, -0.05) is 6.92 Å². The predicted octanol–water partition coefficient (Wildman–Crippen LogP) is 1.70. The molecule has 3 aromatic rings. The van der Waals surface area contributed by atoms with Crippen LogP contribution >= 0.6 is 0 Å². The molecule has 4 heterocycles. The number of nitrogens with one attached hydrogen (secondary N) is 1. The molecule has 2 atom stereocenters. The number of aliphatic hydroxyl groups excluding tert-OH is 1. The minimum absolute atomic E-state index is 0.0136. The van der Waals surface area contributed by atoms with Crippen molar-refractivity contribution in [3.05, 3.63) is 62.2 Å². The molecule has 1 amide bonds. The number of benzene rings is 1. The summed E-state index contributed by atoms with van der Waals surface area (Å²) in [5.74, 6) is -1.85. The van der Waals surface area contributed by atoms with E-state index in [0.717, 1.165) is 0 Å². The molecule has 182 valence electrons. The van der Waals surface area contributed by atoms with Gasteiger partial charge in [-0.3, -0.25) is 9.59 Å². The Morgan fingerprint density at radius 3 is 2.74 bits per heavy atom. The highest BCUT2D eigenvalue weighted by Gasteiger charge is 2.45. The lowest BCUT2D eigenvalue weighted by Crippen LogP contribution is -2.44. The second-order valence-electron chi connectivity index (χ2n) is 9.02. The summed E-state index contributed by atoms with van der Waals surface area (Å²) in [6.45, 7) is 4.17. The maximum Gasteiger partial charge on any atom is 0.343 e. The van der Waals surface area contributed by atoms with E-state index >= 15 is 0 Å². The molecular weight excluding hydrogens is 457 g/mol. The maximum absolute atomic E-state index is 14.5. The average Bonchev–Trinajstić information content (AvgIpc) is 3.19. The van der Waals surface area contributed by atoms with E-state index in [1.54, 1.807) is 32.9 Å². The fourth-order valence-corrected chi connectivity index (χ4v) is 5.09. The monoisotopic (exact) mass is 481 g/mol. The van der Waals surface area contributed by atoms with Crippen LogP contribution in [0.25, 0.3) is 22.3 Å². The third-order valence-electron chi connectivity index (χ3n) is 6.97. The smallest absolute Gasteiger partial charge is 0.343 e. The lowest BCUT2D eigenvalue weighted by Gasteiger charge is -2.31. The number of amides is 1. The van der Waals surface area contributed by atoms with Crippen LogP contribution in [0, 0.1) is 12.7 Å². The summed E-state index contributed by atoms with van der Waals surface area (Å²) in [6, 6.07) is 3.94. The van der Waals surface area contributed by atoms with Gasteiger partial charge in [0.25, 0.3) is 5.56 Å². The van der Waals surface area contributed by atoms with E-state index in [1.807, 2.05) is 0 Å². The largest absolute Gasteiger partial charge is 0.458 e. The first-order valence-corrected chi connectivity index (χ1v) is 11.3. The van der Waals surface area contributed by atoms with E-state index in [-0.39, 0.29) is 30.7 Å². The van der Waals surface area contributed by atoms with Crippen LogP contribution in [0.3, 0.4) is 0 Å². The van der Waals surface area contributed by atoms with Crippen LogP contribution in [0.15, 0.2) is 23.0 Å². The highest BCUT2D eigenvalue weighted by Crippen LogP contribution is 2.41. The van der Waals surface area contributed by atoms with Gasteiger partial charge < -0.3 is 24.8 Å². The molecular formula is C25H24FN3O6. The van der Waals surface area contributed by atoms with Gasteiger partial charge in [0.05, 0.1) is 35.1 Å². The van der Waals surface area contributed by atoms with E-state index in [4.69, 9.17) is 4.74 Å². The van der Waals surface area contributed by atoms with Gasteiger partial charge in [0, 0.05) is 22.6 Å². The standard InChI is InChI=1S/C25H24FN3O6/c1-4-25(34)16-6-19-22-14(8-29(19)23(32)15(16)10-35-24(25)33)21(12(3)27-20(31)9-30)13-5-11(2)17(26)7-18(13)28-22/h5-7,12,30,34H,4,8-10H2,1-3H3,(H,27,31)/t12-,25+/m1/s1. The number of carbonyl (C=O) groups excluding carboxylic acids is 2. The number of hydrogen-bond donors (Lipinski definition) is 3. The van der Waals surface area contributed by atoms with Gasteiger partial charge in [-0.2, -0.15) is 0 Å². The van der Waals surface area contributed by atoms with Crippen molar-refractivity contribution in [1.29, 1.82) is 0 Å². The average molecular weight is 481 g/mol. The molecule has 10 heteroatoms. The normalized spacial score (nSPS) is 19.1. The predicted molar refractivity (Wildman–Crippen MR) is 123 cm³/mol. The van der Waals surface area contributed by atoms with Gasteiger partial charge in [0.15, 0.2) is 5.60 Å². The van der Waals surface area contributed by atoms with Crippen LogP contribution < -0.4 is 10.9 Å². The van der Waals surface area contributed by atoms with E-state index < -0.39 is 41.5 Å². The highest BCUT2D eigenvalue weighted by molar-refractivity contribution is 5.90. The van der Waals surface area contributed by atoms with E-state index in [0.29, 0.717) is 39.0 Å². The fraction of sp³-hybridized carbons (Fsp3) is 0.360. The zero-order chi connectivity index (χ0) is 25.2. The molecule has 0 saturated heterocycles. The number of hydrogen-bond acceptors (Lipinski definition) is 7. The number of rotatable bonds is 4. The third-order valence-corrected chi connectivity index (χ3v) is 6.97. The molecule has 1 aromatic carbocycles. The Labute approximate surface area is 199 Å². The first-order valence-electron chi connectivity index (χ1n) is 11.3. The first kappa shape index (κ1) is 23.1. The van der Waals surface area contributed by atoms with Gasteiger partial charge in [-0.05, 0) is 43.5 Å². The summed E-state index contributed by atoms with van der Waals surface area (Å²) < 4.78 is 21.1. The minimum atomic E-state index is -1.96. The number of pyridine rings is 2. The molecule has 0 fully saturated rings. The lowest BCUT2D eigenvalue weighted by atomic mass is 9.86. The fourth-order valence-electron chi connectivity index (χ4n) is 5.09. The number of fused-ring (bicyclic) bond motifs is 5. The summed E-state index contributed by atoms with van der Waals surface area (Å²) in [5, 5.41) is 23.6. The van der Waals surface area contributed by atoms with Crippen molar-refractivity contribution in [3.63, 3.8) is 0 Å². The maximum atomic E-state index is 14.5. The van der Waals surface area contributed by atoms with Crippen molar-refractivity contribution in [3.8, 4) is 11.4 Å². The molecule has 2 aromatic heterocycles. The van der Waals surface area contributed by atoms with Gasteiger partial charge in [0.1, 0.15) is 19.0 Å². The van der Waals surface area contributed by atoms with Crippen molar-refractivity contribution in [2.24, 2.45) is 0 Å². The third kappa shape index (κ3) is 3.28. The second-order valence-corrected chi connectivity index (χ2v) is 9.02. The summed E-state index contributed by atoms with van der Waals surface area (Å²) in [6.07, 6.45) is 0.0136. The van der Waals surface area contributed by atoms with Gasteiger partial charge in [0.2, 0.25) is 5.91 Å². The van der Waals surface area contributed by atoms with Gasteiger partial charge >= 0.3 is 5.97 Å². The molecule has 5 rings (SSSR count). The summed E-state index contributed by atoms with van der Waals surface area (Å²) in [4.78, 5) is 42.5. The van der Waals surface area contributed by atoms with Gasteiger partial charge in [-0.15, -0.1) is 0 Å². The van der Waals surface area contributed by atoms with Crippen LogP contribution in [0.5, 0.6) is 0 Å². The Balaban J connectivity index is 1.81. The van der Waals surface area contributed by atoms with Crippen molar-refractivity contribution in [1.82, 2.24) is 14.9 Å². The van der Waals surface area contributed by atoms with E-state index in [1.165, 1.54) is 10.6 Å². The summed E-state index contributed by atoms with van der Waals surface area (Å²) in [5.41, 5.74) is 0.808. The lowest BCUT2D eigenvalue weighted by molar-refractivity contribution is -0.172. The molecule has 0 bridgehead atoms. The first-order chi connectivity index (χ1) is 16.6. The summed E-state index contributed by atoms with van der Waals surface area (Å²) >= 11 is 0. The SMILES string of the molecule is CC[C@@]1(O)C(=O)OCc2c1cc1n(c2=O)Cc2c-1nc1cc(F)c(C)cc1c2[C@@H](C)NC(=O)CO. The van der Waals surface area contributed by atoms with Crippen LogP contribution in [-0.4, -0.2) is 38.2 Å². The Kier molecular flexibility index (Phi) is 5.26. The molecule has 9 nitrogen and oxygen atoms in total. The number of cyclic esters (lactones) is 1. The second kappa shape index (κ2) is 7.96. The number of aryl methyl sites for hydroxylation is 1. The number of ether oxygens (including phenoxy) is 1. The number of nitrogens with zero attached hydrogens (tertiary/aromatic N) is 2. The Morgan fingerprint density at radius 1 is 1.31 bits per heavy atom. The van der Waals surface area contributed by atoms with Crippen LogP contribution in [0.1, 0.15) is 54.1 Å². The quantitative estimate of drug-likeness (QED) is 0.378. The van der Waals surface area contributed by atoms with Crippen LogP contribution in [0.2, 0.25) is 0 Å². The van der Waals surface area contributed by atoms with Gasteiger partial charge in [-0.25, -0.2) is 14.2 Å². The van der Waals surface area contributed by atoms with E-state index in [2.05, 4.69) is 10.3 Å². The number of aliphatic hydroxyl groups is 2. The van der Waals surface area contributed by atoms with Crippen molar-refractivity contribution >= 4 is 22.8 Å². The minimum Gasteiger partial charge on any atom is -0.458 e. The molecule has 0 unspecified atom stereocenters. The molecule has 3 N–H and O–H groups in total. The van der Waals surface area contributed by atoms with E-state index in [9.17, 15) is 29.0 Å². The molecule has 0 spiro atoms.